The number of carboxylic acid groups (broad SMARTS) is 1. The maximum Gasteiger partial charge on any atom is 0.335 e. The Morgan fingerprint density at radius 1 is 0.933 bits per heavy atom. The average molecular weight is 414 g/mol. The van der Waals surface area contributed by atoms with Crippen molar-refractivity contribution in [3.63, 3.8) is 0 Å². The third kappa shape index (κ3) is 3.55. The predicted octanol–water partition coefficient (Wildman–Crippen LogP) is 0.731. The van der Waals surface area contributed by atoms with Crippen LogP contribution in [0.5, 0.6) is 5.75 Å². The molecular formula is C21H18O9. The van der Waals surface area contributed by atoms with E-state index >= 15 is 0 Å². The number of aliphatic hydroxyl groups is 3. The summed E-state index contributed by atoms with van der Waals surface area (Å²) in [7, 11) is 0. The largest absolute Gasteiger partial charge is 0.479 e. The molecule has 0 bridgehead atoms. The van der Waals surface area contributed by atoms with Crippen LogP contribution in [0.4, 0.5) is 0 Å². The molecule has 0 spiro atoms. The van der Waals surface area contributed by atoms with E-state index in [4.69, 9.17) is 19.0 Å². The number of aliphatic hydroxyl groups excluding tert-OH is 3. The second-order valence-electron chi connectivity index (χ2n) is 6.82. The van der Waals surface area contributed by atoms with Gasteiger partial charge in [0.25, 0.3) is 0 Å². The van der Waals surface area contributed by atoms with Gasteiger partial charge in [-0.15, -0.1) is 0 Å². The highest BCUT2D eigenvalue weighted by Crippen LogP contribution is 2.30. The van der Waals surface area contributed by atoms with Crippen molar-refractivity contribution in [2.75, 3.05) is 0 Å². The molecule has 30 heavy (non-hydrogen) atoms. The Morgan fingerprint density at radius 2 is 1.67 bits per heavy atom. The highest BCUT2D eigenvalue weighted by molar-refractivity contribution is 5.84. The first-order chi connectivity index (χ1) is 14.4. The van der Waals surface area contributed by atoms with Crippen LogP contribution in [0, 0.1) is 0 Å². The Bertz CT molecular complexity index is 1120. The number of rotatable bonds is 4. The van der Waals surface area contributed by atoms with Gasteiger partial charge in [0.15, 0.2) is 11.5 Å². The van der Waals surface area contributed by atoms with Gasteiger partial charge in [-0.2, -0.15) is 0 Å². The summed E-state index contributed by atoms with van der Waals surface area (Å²) in [5.74, 6) is -1.21. The van der Waals surface area contributed by atoms with Gasteiger partial charge >= 0.3 is 5.97 Å². The van der Waals surface area contributed by atoms with E-state index in [2.05, 4.69) is 0 Å². The van der Waals surface area contributed by atoms with Gasteiger partial charge in [0, 0.05) is 11.6 Å². The molecule has 4 N–H and O–H groups in total. The van der Waals surface area contributed by atoms with Crippen LogP contribution in [-0.4, -0.2) is 57.1 Å². The first-order valence-electron chi connectivity index (χ1n) is 9.08. The Morgan fingerprint density at radius 3 is 2.37 bits per heavy atom. The molecule has 2 aromatic carbocycles. The third-order valence-corrected chi connectivity index (χ3v) is 4.83. The molecule has 2 heterocycles. The smallest absolute Gasteiger partial charge is 0.335 e. The molecule has 3 aromatic rings. The summed E-state index contributed by atoms with van der Waals surface area (Å²) in [5.41, 5.74) is 0.487. The van der Waals surface area contributed by atoms with Crippen LogP contribution >= 0.6 is 0 Å². The molecule has 1 saturated heterocycles. The molecule has 1 aromatic heterocycles. The van der Waals surface area contributed by atoms with E-state index in [9.17, 15) is 24.9 Å². The number of ether oxygens (including phenoxy) is 2. The molecule has 1 fully saturated rings. The molecule has 9 heteroatoms. The van der Waals surface area contributed by atoms with E-state index in [1.165, 1.54) is 12.1 Å². The second kappa shape index (κ2) is 7.88. The number of aliphatic carboxylic acids is 1. The summed E-state index contributed by atoms with van der Waals surface area (Å²) >= 11 is 0. The zero-order valence-corrected chi connectivity index (χ0v) is 15.4. The number of carboxylic acids is 1. The number of hydrogen-bond donors (Lipinski definition) is 4. The van der Waals surface area contributed by atoms with Crippen molar-refractivity contribution in [1.29, 1.82) is 0 Å². The summed E-state index contributed by atoms with van der Waals surface area (Å²) in [6.45, 7) is 0. The number of carbonyl (C=O) groups is 1. The first kappa shape index (κ1) is 20.0. The van der Waals surface area contributed by atoms with Crippen molar-refractivity contribution >= 4 is 16.9 Å². The minimum Gasteiger partial charge on any atom is -0.479 e. The second-order valence-corrected chi connectivity index (χ2v) is 6.82. The molecule has 4 rings (SSSR count). The summed E-state index contributed by atoms with van der Waals surface area (Å²) < 4.78 is 16.5. The van der Waals surface area contributed by atoms with Crippen molar-refractivity contribution in [1.82, 2.24) is 0 Å². The normalized spacial score (nSPS) is 26.4. The molecule has 0 aliphatic carbocycles. The monoisotopic (exact) mass is 414 g/mol. The van der Waals surface area contributed by atoms with Gasteiger partial charge in [-0.25, -0.2) is 4.79 Å². The van der Waals surface area contributed by atoms with E-state index in [0.29, 0.717) is 11.3 Å². The minimum atomic E-state index is -1.84. The number of benzene rings is 2. The number of hydrogen-bond acceptors (Lipinski definition) is 8. The standard InChI is InChI=1S/C21H18O9/c22-11-9-14(10-5-2-1-3-6-10)28-12-7-4-8-13(15(11)12)29-21-18(25)16(23)17(24)19(30-21)20(26)27/h1-9,16-19,21,23-25H,(H,26,27)/t16-,17-,18+,19-,21?/m0/s1. The van der Waals surface area contributed by atoms with Crippen molar-refractivity contribution in [3.8, 4) is 17.1 Å². The topological polar surface area (TPSA) is 147 Å². The van der Waals surface area contributed by atoms with E-state index in [0.717, 1.165) is 0 Å². The van der Waals surface area contributed by atoms with E-state index in [-0.39, 0.29) is 16.7 Å². The molecule has 0 saturated carbocycles. The lowest BCUT2D eigenvalue weighted by Crippen LogP contribution is -2.61. The SMILES string of the molecule is O=C(O)[C@H]1OC(Oc2cccc3oc(-c4ccccc4)cc(=O)c23)[C@H](O)[C@@H](O)[C@@H]1O. The average Bonchev–Trinajstić information content (AvgIpc) is 2.74. The Hall–Kier alpha value is -3.24. The lowest BCUT2D eigenvalue weighted by molar-refractivity contribution is -0.270. The Kier molecular flexibility index (Phi) is 5.27. The van der Waals surface area contributed by atoms with E-state index < -0.39 is 42.1 Å². The molecule has 1 aliphatic heterocycles. The van der Waals surface area contributed by atoms with Crippen LogP contribution in [0.15, 0.2) is 63.8 Å². The van der Waals surface area contributed by atoms with Gasteiger partial charge in [0.2, 0.25) is 6.29 Å². The molecule has 1 unspecified atom stereocenters. The van der Waals surface area contributed by atoms with Crippen LogP contribution in [-0.2, 0) is 9.53 Å². The van der Waals surface area contributed by atoms with Gasteiger partial charge in [0.05, 0.1) is 0 Å². The molecule has 1 aliphatic rings. The minimum absolute atomic E-state index is 0.0300. The highest BCUT2D eigenvalue weighted by Gasteiger charge is 2.48. The summed E-state index contributed by atoms with van der Waals surface area (Å²) in [4.78, 5) is 24.0. The Labute approximate surface area is 169 Å². The lowest BCUT2D eigenvalue weighted by atomic mass is 9.99. The zero-order chi connectivity index (χ0) is 21.4. The number of fused-ring (bicyclic) bond motifs is 1. The zero-order valence-electron chi connectivity index (χ0n) is 15.4. The van der Waals surface area contributed by atoms with Gasteiger partial charge in [-0.1, -0.05) is 36.4 Å². The van der Waals surface area contributed by atoms with Crippen molar-refractivity contribution in [2.24, 2.45) is 0 Å². The van der Waals surface area contributed by atoms with Gasteiger partial charge in [-0.05, 0) is 12.1 Å². The third-order valence-electron chi connectivity index (χ3n) is 4.83. The quantitative estimate of drug-likeness (QED) is 0.485. The molecule has 9 nitrogen and oxygen atoms in total. The maximum atomic E-state index is 12.8. The van der Waals surface area contributed by atoms with Crippen LogP contribution in [0.3, 0.4) is 0 Å². The van der Waals surface area contributed by atoms with Gasteiger partial charge in [0.1, 0.15) is 40.8 Å². The maximum absolute atomic E-state index is 12.8. The van der Waals surface area contributed by atoms with E-state index in [1.54, 1.807) is 36.4 Å². The fraction of sp³-hybridized carbons (Fsp3) is 0.238. The van der Waals surface area contributed by atoms with Crippen molar-refractivity contribution in [2.45, 2.75) is 30.7 Å². The predicted molar refractivity (Wildman–Crippen MR) is 103 cm³/mol. The summed E-state index contributed by atoms with van der Waals surface area (Å²) in [5, 5.41) is 39.1. The van der Waals surface area contributed by atoms with Gasteiger partial charge in [-0.3, -0.25) is 4.79 Å². The molecule has 5 atom stereocenters. The summed E-state index contributed by atoms with van der Waals surface area (Å²) in [6, 6.07) is 14.8. The molecular weight excluding hydrogens is 396 g/mol. The van der Waals surface area contributed by atoms with Crippen LogP contribution in [0.1, 0.15) is 0 Å². The van der Waals surface area contributed by atoms with Crippen LogP contribution in [0.25, 0.3) is 22.3 Å². The fourth-order valence-electron chi connectivity index (χ4n) is 3.30. The molecule has 0 radical (unpaired) electrons. The first-order valence-corrected chi connectivity index (χ1v) is 9.08. The van der Waals surface area contributed by atoms with Crippen molar-refractivity contribution in [3.05, 3.63) is 64.8 Å². The lowest BCUT2D eigenvalue weighted by Gasteiger charge is -2.38. The van der Waals surface area contributed by atoms with Gasteiger partial charge < -0.3 is 34.3 Å². The van der Waals surface area contributed by atoms with E-state index in [1.807, 2.05) is 6.07 Å². The molecule has 0 amide bonds. The van der Waals surface area contributed by atoms with Crippen LogP contribution in [0.2, 0.25) is 0 Å². The van der Waals surface area contributed by atoms with Crippen molar-refractivity contribution < 1.29 is 39.1 Å². The fourth-order valence-corrected chi connectivity index (χ4v) is 3.30. The van der Waals surface area contributed by atoms with Crippen LogP contribution < -0.4 is 10.2 Å². The Balaban J connectivity index is 1.71. The molecule has 156 valence electrons. The summed E-state index contributed by atoms with van der Waals surface area (Å²) in [6.07, 6.45) is -8.86. The highest BCUT2D eigenvalue weighted by atomic mass is 16.7.